The van der Waals surface area contributed by atoms with Crippen LogP contribution in [0.1, 0.15) is 33.1 Å². The minimum atomic E-state index is -0.911. The average Bonchev–Trinajstić information content (AvgIpc) is 3.17. The van der Waals surface area contributed by atoms with Gasteiger partial charge in [0.2, 0.25) is 0 Å². The summed E-state index contributed by atoms with van der Waals surface area (Å²) in [5.41, 5.74) is 1.97. The molecule has 1 aliphatic carbocycles. The number of carbonyl (C=O) groups is 1. The normalized spacial score (nSPS) is 13.9. The third-order valence-electron chi connectivity index (χ3n) is 4.72. The van der Waals surface area contributed by atoms with Crippen LogP contribution in [-0.2, 0) is 9.53 Å². The Morgan fingerprint density at radius 1 is 1.23 bits per heavy atom. The highest BCUT2D eigenvalue weighted by atomic mass is 16.5. The molecule has 2 aromatic rings. The van der Waals surface area contributed by atoms with E-state index in [1.54, 1.807) is 26.2 Å². The number of H-pyrrole nitrogens is 1. The van der Waals surface area contributed by atoms with Crippen molar-refractivity contribution < 1.29 is 19.4 Å². The van der Waals surface area contributed by atoms with E-state index in [0.29, 0.717) is 13.0 Å². The third-order valence-corrected chi connectivity index (χ3v) is 4.72. The van der Waals surface area contributed by atoms with Crippen molar-refractivity contribution in [3.05, 3.63) is 66.2 Å². The number of carboxylic acids is 1. The van der Waals surface area contributed by atoms with Crippen LogP contribution in [0.15, 0.2) is 66.2 Å². The second kappa shape index (κ2) is 9.91. The number of hydrogen-bond donors (Lipinski definition) is 2. The zero-order valence-electron chi connectivity index (χ0n) is 17.3. The molecule has 0 atom stereocenters. The molecular formula is C23H27N3O4. The highest BCUT2D eigenvalue weighted by Crippen LogP contribution is 2.22. The van der Waals surface area contributed by atoms with Crippen molar-refractivity contribution in [1.29, 1.82) is 0 Å². The van der Waals surface area contributed by atoms with E-state index in [9.17, 15) is 9.90 Å². The average molecular weight is 409 g/mol. The molecular weight excluding hydrogens is 382 g/mol. The molecule has 158 valence electrons. The number of nitrogens with one attached hydrogen (secondary N) is 1. The lowest BCUT2D eigenvalue weighted by atomic mass is 9.95. The van der Waals surface area contributed by atoms with Crippen LogP contribution in [-0.4, -0.2) is 39.5 Å². The summed E-state index contributed by atoms with van der Waals surface area (Å²) in [5, 5.41) is 16.0. The number of carboxylic acid groups (broad SMARTS) is 1. The van der Waals surface area contributed by atoms with Crippen molar-refractivity contribution in [2.45, 2.75) is 33.1 Å². The lowest BCUT2D eigenvalue weighted by molar-refractivity contribution is -0.149. The van der Waals surface area contributed by atoms with Gasteiger partial charge in [-0.05, 0) is 56.5 Å². The highest BCUT2D eigenvalue weighted by molar-refractivity contribution is 5.73. The van der Waals surface area contributed by atoms with Gasteiger partial charge in [-0.15, -0.1) is 0 Å². The lowest BCUT2D eigenvalue weighted by Gasteiger charge is -2.20. The molecule has 0 spiro atoms. The monoisotopic (exact) mass is 409 g/mol. The molecule has 2 heterocycles. The second-order valence-electron chi connectivity index (χ2n) is 7.76. The summed E-state index contributed by atoms with van der Waals surface area (Å²) in [6, 6.07) is 5.67. The Balaban J connectivity index is 1.43. The first-order valence-electron chi connectivity index (χ1n) is 9.95. The second-order valence-corrected chi connectivity index (χ2v) is 7.76. The van der Waals surface area contributed by atoms with Gasteiger partial charge >= 0.3 is 5.97 Å². The Morgan fingerprint density at radius 3 is 2.80 bits per heavy atom. The van der Waals surface area contributed by atoms with Gasteiger partial charge in [-0.1, -0.05) is 18.2 Å². The van der Waals surface area contributed by atoms with Crippen LogP contribution >= 0.6 is 0 Å². The van der Waals surface area contributed by atoms with Crippen molar-refractivity contribution in [3.8, 4) is 17.1 Å². The van der Waals surface area contributed by atoms with Gasteiger partial charge in [0.25, 0.3) is 0 Å². The first-order chi connectivity index (χ1) is 14.4. The number of nitrogens with zero attached hydrogens (tertiary/aromatic N) is 2. The van der Waals surface area contributed by atoms with Gasteiger partial charge in [-0.2, -0.15) is 5.10 Å². The molecule has 3 rings (SSSR count). The van der Waals surface area contributed by atoms with Crippen LogP contribution < -0.4 is 4.74 Å². The van der Waals surface area contributed by atoms with Gasteiger partial charge in [0.15, 0.2) is 0 Å². The number of hydrogen-bond acceptors (Lipinski definition) is 5. The van der Waals surface area contributed by atoms with Crippen LogP contribution in [0.3, 0.4) is 0 Å². The maximum absolute atomic E-state index is 11.2. The predicted octanol–water partition coefficient (Wildman–Crippen LogP) is 4.53. The molecule has 0 fully saturated rings. The molecule has 0 bridgehead atoms. The smallest absolute Gasteiger partial charge is 0.312 e. The number of aliphatic carboxylic acids is 1. The van der Waals surface area contributed by atoms with E-state index in [0.717, 1.165) is 35.7 Å². The topological polar surface area (TPSA) is 97.3 Å². The quantitative estimate of drug-likeness (QED) is 0.560. The van der Waals surface area contributed by atoms with Crippen LogP contribution in [0.25, 0.3) is 11.4 Å². The van der Waals surface area contributed by atoms with E-state index in [2.05, 4.69) is 21.3 Å². The van der Waals surface area contributed by atoms with Crippen molar-refractivity contribution in [1.82, 2.24) is 15.2 Å². The minimum absolute atomic E-state index is 0.145. The fraction of sp³-hybridized carbons (Fsp3) is 0.348. The maximum Gasteiger partial charge on any atom is 0.312 e. The van der Waals surface area contributed by atoms with Crippen molar-refractivity contribution >= 4 is 5.97 Å². The molecule has 1 aliphatic rings. The number of rotatable bonds is 10. The Bertz CT molecular complexity index is 926. The van der Waals surface area contributed by atoms with Gasteiger partial charge in [0.05, 0.1) is 35.4 Å². The summed E-state index contributed by atoms with van der Waals surface area (Å²) in [7, 11) is 0. The molecule has 0 unspecified atom stereocenters. The molecule has 0 amide bonds. The molecule has 2 N–H and O–H groups in total. The lowest BCUT2D eigenvalue weighted by Crippen LogP contribution is -2.29. The molecule has 2 aromatic heterocycles. The first-order valence-corrected chi connectivity index (χ1v) is 9.95. The van der Waals surface area contributed by atoms with Crippen LogP contribution in [0, 0.1) is 5.41 Å². The Morgan fingerprint density at radius 2 is 2.10 bits per heavy atom. The molecule has 7 heteroatoms. The van der Waals surface area contributed by atoms with E-state index in [1.165, 1.54) is 5.57 Å². The number of ether oxygens (including phenoxy) is 2. The third kappa shape index (κ3) is 6.07. The standard InChI is InChI=1S/C23H27N3O4/c1-23(2,22(27)28)16-30-18-7-3-5-17(8-9-18)6-4-14-29-19-10-11-20(24-15-19)21-12-13-25-26-21/h3,5,8-13,15H,4,6-7,14,16H2,1-2H3,(H,25,26)(H,27,28). The number of aromatic nitrogens is 3. The van der Waals surface area contributed by atoms with E-state index in [4.69, 9.17) is 9.47 Å². The molecule has 30 heavy (non-hydrogen) atoms. The summed E-state index contributed by atoms with van der Waals surface area (Å²) in [6.45, 7) is 4.05. The number of pyridine rings is 1. The van der Waals surface area contributed by atoms with Crippen LogP contribution in [0.2, 0.25) is 0 Å². The van der Waals surface area contributed by atoms with E-state index < -0.39 is 11.4 Å². The van der Waals surface area contributed by atoms with Gasteiger partial charge in [0, 0.05) is 12.6 Å². The Kier molecular flexibility index (Phi) is 7.06. The first kappa shape index (κ1) is 21.4. The summed E-state index contributed by atoms with van der Waals surface area (Å²) >= 11 is 0. The van der Waals surface area contributed by atoms with Gasteiger partial charge < -0.3 is 14.6 Å². The molecule has 0 aliphatic heterocycles. The Labute approximate surface area is 176 Å². The molecule has 0 saturated heterocycles. The van der Waals surface area contributed by atoms with E-state index in [-0.39, 0.29) is 6.61 Å². The fourth-order valence-electron chi connectivity index (χ4n) is 2.75. The van der Waals surface area contributed by atoms with Crippen LogP contribution in [0.5, 0.6) is 5.75 Å². The summed E-state index contributed by atoms with van der Waals surface area (Å²) < 4.78 is 11.5. The zero-order chi connectivity index (χ0) is 21.4. The van der Waals surface area contributed by atoms with E-state index in [1.807, 2.05) is 36.4 Å². The van der Waals surface area contributed by atoms with Gasteiger partial charge in [-0.3, -0.25) is 14.9 Å². The summed E-state index contributed by atoms with van der Waals surface area (Å²) in [4.78, 5) is 15.6. The highest BCUT2D eigenvalue weighted by Gasteiger charge is 2.28. The number of aromatic amines is 1. The largest absolute Gasteiger partial charge is 0.496 e. The summed E-state index contributed by atoms with van der Waals surface area (Å²) in [5.74, 6) is 0.644. The molecule has 0 aromatic carbocycles. The Hall–Kier alpha value is -3.35. The predicted molar refractivity (Wildman–Crippen MR) is 114 cm³/mol. The fourth-order valence-corrected chi connectivity index (χ4v) is 2.75. The zero-order valence-corrected chi connectivity index (χ0v) is 17.3. The van der Waals surface area contributed by atoms with Crippen LogP contribution in [0.4, 0.5) is 0 Å². The van der Waals surface area contributed by atoms with Gasteiger partial charge in [-0.25, -0.2) is 0 Å². The molecule has 0 radical (unpaired) electrons. The molecule has 0 saturated carbocycles. The SMILES string of the molecule is CC(C)(COC1=CC=C(CCCOc2ccc(-c3ccn[nH]3)nc2)C=CC1)C(=O)O. The summed E-state index contributed by atoms with van der Waals surface area (Å²) in [6.07, 6.45) is 13.9. The minimum Gasteiger partial charge on any atom is -0.496 e. The van der Waals surface area contributed by atoms with E-state index >= 15 is 0 Å². The molecule has 7 nitrogen and oxygen atoms in total. The van der Waals surface area contributed by atoms with Crippen molar-refractivity contribution in [3.63, 3.8) is 0 Å². The maximum atomic E-state index is 11.2. The van der Waals surface area contributed by atoms with Crippen molar-refractivity contribution in [2.75, 3.05) is 13.2 Å². The van der Waals surface area contributed by atoms with Gasteiger partial charge in [0.1, 0.15) is 12.4 Å². The number of allylic oxidation sites excluding steroid dienone is 5. The van der Waals surface area contributed by atoms with Crippen molar-refractivity contribution in [2.24, 2.45) is 5.41 Å².